The van der Waals surface area contributed by atoms with Crippen LogP contribution in [0.4, 0.5) is 27.7 Å². The molecule has 2 aliphatic rings. The number of hydrogen-bond donors (Lipinski definition) is 3. The van der Waals surface area contributed by atoms with Gasteiger partial charge in [-0.2, -0.15) is 19.5 Å². The summed E-state index contributed by atoms with van der Waals surface area (Å²) in [6, 6.07) is 4.34. The number of rotatable bonds is 6. The number of quaternary nitrogens is 1. The van der Waals surface area contributed by atoms with Gasteiger partial charge in [0.2, 0.25) is 5.95 Å². The summed E-state index contributed by atoms with van der Waals surface area (Å²) in [6.45, 7) is 8.93. The highest BCUT2D eigenvalue weighted by Crippen LogP contribution is 2.49. The molecule has 0 saturated carbocycles. The van der Waals surface area contributed by atoms with Gasteiger partial charge in [-0.25, -0.2) is 9.47 Å². The second-order valence-corrected chi connectivity index (χ2v) is 10.8. The lowest BCUT2D eigenvalue weighted by Crippen LogP contribution is -2.55. The van der Waals surface area contributed by atoms with E-state index in [1.165, 1.54) is 12.3 Å². The van der Waals surface area contributed by atoms with Gasteiger partial charge in [0, 0.05) is 35.2 Å². The topological polar surface area (TPSA) is 122 Å². The molecule has 0 radical (unpaired) electrons. The minimum absolute atomic E-state index is 0.00931. The van der Waals surface area contributed by atoms with E-state index in [1.807, 2.05) is 6.07 Å². The van der Waals surface area contributed by atoms with Crippen LogP contribution in [0.1, 0.15) is 63.4 Å². The molecule has 1 aliphatic heterocycles. The Kier molecular flexibility index (Phi) is 5.58. The largest absolute Gasteiger partial charge is 0.364 e. The normalized spacial score (nSPS) is 23.0. The van der Waals surface area contributed by atoms with Crippen molar-refractivity contribution in [1.29, 1.82) is 0 Å². The van der Waals surface area contributed by atoms with Crippen molar-refractivity contribution in [3.8, 4) is 0 Å². The third kappa shape index (κ3) is 4.05. The van der Waals surface area contributed by atoms with Crippen molar-refractivity contribution < 1.29 is 9.18 Å². The molecule has 0 bridgehead atoms. The van der Waals surface area contributed by atoms with E-state index < -0.39 is 17.9 Å². The second kappa shape index (κ2) is 8.37. The Balaban J connectivity index is 1.69. The Labute approximate surface area is 204 Å². The summed E-state index contributed by atoms with van der Waals surface area (Å²) >= 11 is 0. The number of nitrogens with two attached hydrogens (primary N) is 1. The molecule has 5 rings (SSSR count). The number of halogens is 1. The minimum atomic E-state index is -0.609. The van der Waals surface area contributed by atoms with Gasteiger partial charge >= 0.3 is 5.95 Å². The minimum Gasteiger partial charge on any atom is -0.364 e. The fourth-order valence-corrected chi connectivity index (χ4v) is 5.57. The van der Waals surface area contributed by atoms with Gasteiger partial charge in [0.05, 0.1) is 18.4 Å². The van der Waals surface area contributed by atoms with Crippen LogP contribution in [-0.2, 0) is 17.6 Å². The maximum Gasteiger partial charge on any atom is 0.337 e. The molecule has 0 aromatic carbocycles. The van der Waals surface area contributed by atoms with Gasteiger partial charge in [0.15, 0.2) is 17.5 Å². The first-order valence-corrected chi connectivity index (χ1v) is 12.1. The van der Waals surface area contributed by atoms with E-state index >= 15 is 0 Å². The Hall–Kier alpha value is -3.40. The number of hydrogen-bond acceptors (Lipinski definition) is 6. The predicted molar refractivity (Wildman–Crippen MR) is 132 cm³/mol. The first-order valence-electron chi connectivity index (χ1n) is 12.1. The first kappa shape index (κ1) is 23.3. The highest BCUT2D eigenvalue weighted by atomic mass is 19.1. The molecular weight excluding hydrogens is 447 g/mol. The van der Waals surface area contributed by atoms with E-state index in [1.54, 1.807) is 6.07 Å². The monoisotopic (exact) mass is 479 g/mol. The standard InChI is InChI=1S/C25H31FN8O/c1-14(2)18-10-21(33-32-18)30-23-16-6-5-7-17(16)29-24(31-23)34(15-8-9-20(26)28-12-15)13-25(3,4)11-19(34)22(27)35/h8-10,12,14,19H,5-7,11,13H2,1-4H3,(H3-,27,29,30,31,32,33,35)/p+1. The van der Waals surface area contributed by atoms with E-state index in [2.05, 4.69) is 48.2 Å². The summed E-state index contributed by atoms with van der Waals surface area (Å²) in [5.41, 5.74) is 9.43. The number of aromatic amines is 1. The van der Waals surface area contributed by atoms with Gasteiger partial charge in [-0.05, 0) is 31.2 Å². The van der Waals surface area contributed by atoms with E-state index in [4.69, 9.17) is 15.7 Å². The van der Waals surface area contributed by atoms with Gasteiger partial charge in [0.1, 0.15) is 5.82 Å². The van der Waals surface area contributed by atoms with E-state index in [0.717, 1.165) is 36.2 Å². The van der Waals surface area contributed by atoms with Crippen LogP contribution < -0.4 is 15.5 Å². The van der Waals surface area contributed by atoms with Crippen molar-refractivity contribution in [3.63, 3.8) is 0 Å². The van der Waals surface area contributed by atoms with Gasteiger partial charge in [-0.1, -0.05) is 27.7 Å². The van der Waals surface area contributed by atoms with Crippen molar-refractivity contribution in [1.82, 2.24) is 29.6 Å². The Morgan fingerprint density at radius 3 is 2.74 bits per heavy atom. The fraction of sp³-hybridized carbons (Fsp3) is 0.480. The second-order valence-electron chi connectivity index (χ2n) is 10.8. The van der Waals surface area contributed by atoms with Crippen molar-refractivity contribution in [2.45, 2.75) is 65.3 Å². The zero-order valence-electron chi connectivity index (χ0n) is 20.6. The van der Waals surface area contributed by atoms with Crippen LogP contribution in [0, 0.1) is 11.4 Å². The molecule has 4 heterocycles. The average molecular weight is 480 g/mol. The molecule has 2 atom stereocenters. The molecule has 2 unspecified atom stereocenters. The number of carbonyl (C=O) groups is 1. The molecule has 9 nitrogen and oxygen atoms in total. The summed E-state index contributed by atoms with van der Waals surface area (Å²) in [5, 5.41) is 10.9. The molecule has 184 valence electrons. The summed E-state index contributed by atoms with van der Waals surface area (Å²) < 4.78 is 13.8. The van der Waals surface area contributed by atoms with Gasteiger partial charge in [0.25, 0.3) is 5.91 Å². The van der Waals surface area contributed by atoms with Crippen molar-refractivity contribution >= 4 is 29.2 Å². The van der Waals surface area contributed by atoms with Crippen molar-refractivity contribution in [2.75, 3.05) is 11.9 Å². The van der Waals surface area contributed by atoms with Crippen LogP contribution in [-0.4, -0.2) is 43.6 Å². The number of carbonyl (C=O) groups excluding carboxylic acids is 1. The zero-order valence-corrected chi connectivity index (χ0v) is 20.6. The van der Waals surface area contributed by atoms with Crippen molar-refractivity contribution in [2.24, 2.45) is 11.1 Å². The van der Waals surface area contributed by atoms with Crippen LogP contribution in [0.3, 0.4) is 0 Å². The van der Waals surface area contributed by atoms with Gasteiger partial charge in [-0.3, -0.25) is 9.89 Å². The highest BCUT2D eigenvalue weighted by Gasteiger charge is 2.58. The smallest absolute Gasteiger partial charge is 0.337 e. The summed E-state index contributed by atoms with van der Waals surface area (Å²) in [7, 11) is 0. The number of aromatic nitrogens is 5. The molecule has 4 N–H and O–H groups in total. The van der Waals surface area contributed by atoms with Crippen LogP contribution in [0.2, 0.25) is 0 Å². The Bertz CT molecular complexity index is 1270. The lowest BCUT2D eigenvalue weighted by molar-refractivity contribution is -0.121. The fourth-order valence-electron chi connectivity index (χ4n) is 5.57. The van der Waals surface area contributed by atoms with E-state index in [0.29, 0.717) is 42.2 Å². The highest BCUT2D eigenvalue weighted by molar-refractivity contribution is 5.85. The molecule has 1 aliphatic carbocycles. The third-order valence-electron chi connectivity index (χ3n) is 7.20. The van der Waals surface area contributed by atoms with Gasteiger partial charge in [-0.15, -0.1) is 0 Å². The van der Waals surface area contributed by atoms with Crippen LogP contribution in [0.15, 0.2) is 24.4 Å². The number of nitrogens with zero attached hydrogens (tertiary/aromatic N) is 5. The number of primary amides is 1. The average Bonchev–Trinajstić information content (AvgIpc) is 3.51. The molecule has 0 spiro atoms. The third-order valence-corrected chi connectivity index (χ3v) is 7.20. The summed E-state index contributed by atoms with van der Waals surface area (Å²) in [4.78, 5) is 26.7. The number of nitrogens with one attached hydrogen (secondary N) is 2. The SMILES string of the molecule is CC(C)c1cc(Nc2nc([N+]3(c4ccc(F)nc4)CC(C)(C)CC3C(N)=O)nc3c2CCC3)n[nH]1. The number of H-pyrrole nitrogens is 1. The Morgan fingerprint density at radius 2 is 2.09 bits per heavy atom. The zero-order chi connectivity index (χ0) is 25.0. The molecule has 1 saturated heterocycles. The molecule has 1 fully saturated rings. The van der Waals surface area contributed by atoms with Gasteiger partial charge < -0.3 is 11.1 Å². The maximum absolute atomic E-state index is 13.8. The molecule has 35 heavy (non-hydrogen) atoms. The first-order chi connectivity index (χ1) is 16.6. The summed E-state index contributed by atoms with van der Waals surface area (Å²) in [6.07, 6.45) is 4.69. The number of pyridine rings is 1. The number of aryl methyl sites for hydroxylation is 1. The lowest BCUT2D eigenvalue weighted by Gasteiger charge is -2.36. The molecular formula is C25H32FN8O+. The number of amides is 1. The lowest BCUT2D eigenvalue weighted by atomic mass is 9.90. The van der Waals surface area contributed by atoms with E-state index in [-0.39, 0.29) is 9.90 Å². The van der Waals surface area contributed by atoms with Crippen LogP contribution in [0.5, 0.6) is 0 Å². The van der Waals surface area contributed by atoms with Crippen molar-refractivity contribution in [3.05, 3.63) is 47.3 Å². The van der Waals surface area contributed by atoms with E-state index in [9.17, 15) is 9.18 Å². The maximum atomic E-state index is 13.8. The molecule has 3 aromatic heterocycles. The molecule has 3 aromatic rings. The molecule has 10 heteroatoms. The quantitative estimate of drug-likeness (QED) is 0.363. The molecule has 1 amide bonds. The number of fused-ring (bicyclic) bond motifs is 1. The number of anilines is 2. The van der Waals surface area contributed by atoms with Crippen LogP contribution >= 0.6 is 0 Å². The van der Waals surface area contributed by atoms with Crippen LogP contribution in [0.25, 0.3) is 0 Å². The predicted octanol–water partition coefficient (Wildman–Crippen LogP) is 4.01. The Morgan fingerprint density at radius 1 is 1.29 bits per heavy atom. The summed E-state index contributed by atoms with van der Waals surface area (Å²) in [5.74, 6) is 1.12.